The van der Waals surface area contributed by atoms with E-state index in [2.05, 4.69) is 15.4 Å². The SMILES string of the molecule is CCn1ncnc1C(C)NC(=O)Cn1cc(C(F)(F)F)ccc1=O. The monoisotopic (exact) mass is 343 g/mol. The average Bonchev–Trinajstić information content (AvgIpc) is 2.96. The first-order chi connectivity index (χ1) is 11.2. The summed E-state index contributed by atoms with van der Waals surface area (Å²) < 4.78 is 40.3. The van der Waals surface area contributed by atoms with Crippen molar-refractivity contribution in [3.63, 3.8) is 0 Å². The molecule has 0 aliphatic heterocycles. The van der Waals surface area contributed by atoms with Crippen molar-refractivity contribution >= 4 is 5.91 Å². The number of nitrogens with one attached hydrogen (secondary N) is 1. The van der Waals surface area contributed by atoms with E-state index < -0.39 is 35.8 Å². The fraction of sp³-hybridized carbons (Fsp3) is 0.429. The van der Waals surface area contributed by atoms with Crippen molar-refractivity contribution in [2.24, 2.45) is 0 Å². The molecule has 0 aliphatic carbocycles. The van der Waals surface area contributed by atoms with E-state index in [1.165, 1.54) is 6.33 Å². The Hall–Kier alpha value is -2.65. The number of amides is 1. The summed E-state index contributed by atoms with van der Waals surface area (Å²) in [6.45, 7) is 3.56. The topological polar surface area (TPSA) is 81.8 Å². The molecule has 0 radical (unpaired) electrons. The Morgan fingerprint density at radius 2 is 2.08 bits per heavy atom. The first kappa shape index (κ1) is 17.7. The smallest absolute Gasteiger partial charge is 0.345 e. The fourth-order valence-corrected chi connectivity index (χ4v) is 2.18. The minimum atomic E-state index is -4.59. The molecule has 0 bridgehead atoms. The number of carbonyl (C=O) groups excluding carboxylic acids is 1. The Morgan fingerprint density at radius 1 is 1.38 bits per heavy atom. The third kappa shape index (κ3) is 4.00. The number of rotatable bonds is 5. The van der Waals surface area contributed by atoms with Crippen molar-refractivity contribution in [3.05, 3.63) is 46.4 Å². The Kier molecular flexibility index (Phi) is 5.05. The second-order valence-corrected chi connectivity index (χ2v) is 5.10. The molecule has 130 valence electrons. The van der Waals surface area contributed by atoms with Crippen molar-refractivity contribution in [2.75, 3.05) is 0 Å². The number of alkyl halides is 3. The minimum Gasteiger partial charge on any atom is -0.345 e. The highest BCUT2D eigenvalue weighted by Gasteiger charge is 2.31. The van der Waals surface area contributed by atoms with Gasteiger partial charge in [0.2, 0.25) is 5.91 Å². The number of aromatic nitrogens is 4. The molecular formula is C14H16F3N5O2. The third-order valence-electron chi connectivity index (χ3n) is 3.33. The maximum absolute atomic E-state index is 12.7. The lowest BCUT2D eigenvalue weighted by molar-refractivity contribution is -0.138. The Labute approximate surface area is 135 Å². The zero-order valence-corrected chi connectivity index (χ0v) is 13.0. The van der Waals surface area contributed by atoms with Crippen LogP contribution in [0.2, 0.25) is 0 Å². The van der Waals surface area contributed by atoms with Crippen LogP contribution >= 0.6 is 0 Å². The molecule has 10 heteroatoms. The highest BCUT2D eigenvalue weighted by Crippen LogP contribution is 2.27. The number of hydrogen-bond acceptors (Lipinski definition) is 4. The molecule has 0 spiro atoms. The number of carbonyl (C=O) groups is 1. The average molecular weight is 343 g/mol. The predicted octanol–water partition coefficient (Wildman–Crippen LogP) is 1.36. The summed E-state index contributed by atoms with van der Waals surface area (Å²) in [6, 6.07) is 0.970. The summed E-state index contributed by atoms with van der Waals surface area (Å²) in [6.07, 6.45) is -2.61. The number of nitrogens with zero attached hydrogens (tertiary/aromatic N) is 4. The Bertz CT molecular complexity index is 781. The molecule has 0 saturated heterocycles. The van der Waals surface area contributed by atoms with Gasteiger partial charge in [-0.3, -0.25) is 9.59 Å². The van der Waals surface area contributed by atoms with Crippen LogP contribution < -0.4 is 10.9 Å². The second kappa shape index (κ2) is 6.85. The van der Waals surface area contributed by atoms with Crippen LogP contribution in [0.25, 0.3) is 0 Å². The summed E-state index contributed by atoms with van der Waals surface area (Å²) >= 11 is 0. The van der Waals surface area contributed by atoms with Gasteiger partial charge in [0.05, 0.1) is 11.6 Å². The molecule has 1 unspecified atom stereocenters. The van der Waals surface area contributed by atoms with Crippen molar-refractivity contribution in [1.82, 2.24) is 24.6 Å². The largest absolute Gasteiger partial charge is 0.417 e. The van der Waals surface area contributed by atoms with Crippen LogP contribution in [0.1, 0.15) is 31.3 Å². The van der Waals surface area contributed by atoms with Gasteiger partial charge in [-0.05, 0) is 19.9 Å². The van der Waals surface area contributed by atoms with Crippen LogP contribution in [-0.4, -0.2) is 25.2 Å². The molecule has 24 heavy (non-hydrogen) atoms. The molecule has 1 amide bonds. The van der Waals surface area contributed by atoms with Gasteiger partial charge < -0.3 is 9.88 Å². The van der Waals surface area contributed by atoms with Crippen LogP contribution in [0.3, 0.4) is 0 Å². The van der Waals surface area contributed by atoms with Gasteiger partial charge in [0, 0.05) is 18.8 Å². The highest BCUT2D eigenvalue weighted by molar-refractivity contribution is 5.76. The Morgan fingerprint density at radius 3 is 2.71 bits per heavy atom. The van der Waals surface area contributed by atoms with Gasteiger partial charge in [-0.2, -0.15) is 18.3 Å². The zero-order chi connectivity index (χ0) is 17.9. The van der Waals surface area contributed by atoms with E-state index in [1.807, 2.05) is 6.92 Å². The van der Waals surface area contributed by atoms with Crippen molar-refractivity contribution in [1.29, 1.82) is 0 Å². The van der Waals surface area contributed by atoms with Gasteiger partial charge in [0.1, 0.15) is 18.7 Å². The molecule has 0 aromatic carbocycles. The third-order valence-corrected chi connectivity index (χ3v) is 3.33. The number of aryl methyl sites for hydroxylation is 1. The number of halogens is 3. The van der Waals surface area contributed by atoms with Crippen molar-refractivity contribution in [3.8, 4) is 0 Å². The summed E-state index contributed by atoms with van der Waals surface area (Å²) in [5, 5.41) is 6.56. The van der Waals surface area contributed by atoms with Gasteiger partial charge in [0.25, 0.3) is 5.56 Å². The predicted molar refractivity (Wildman–Crippen MR) is 78.0 cm³/mol. The normalized spacial score (nSPS) is 12.9. The molecule has 2 aromatic rings. The van der Waals surface area contributed by atoms with Crippen molar-refractivity contribution in [2.45, 2.75) is 39.2 Å². The summed E-state index contributed by atoms with van der Waals surface area (Å²) in [5.74, 6) is -0.0863. The fourth-order valence-electron chi connectivity index (χ4n) is 2.18. The van der Waals surface area contributed by atoms with Crippen molar-refractivity contribution < 1.29 is 18.0 Å². The van der Waals surface area contributed by atoms with Gasteiger partial charge in [0.15, 0.2) is 0 Å². The van der Waals surface area contributed by atoms with Crippen LogP contribution in [-0.2, 0) is 24.1 Å². The molecule has 7 nitrogen and oxygen atoms in total. The van der Waals surface area contributed by atoms with E-state index in [9.17, 15) is 22.8 Å². The van der Waals surface area contributed by atoms with Gasteiger partial charge >= 0.3 is 6.18 Å². The van der Waals surface area contributed by atoms with E-state index in [1.54, 1.807) is 11.6 Å². The van der Waals surface area contributed by atoms with Crippen LogP contribution in [0.5, 0.6) is 0 Å². The lowest BCUT2D eigenvalue weighted by atomic mass is 10.2. The molecule has 2 rings (SSSR count). The molecule has 0 fully saturated rings. The molecule has 2 aromatic heterocycles. The van der Waals surface area contributed by atoms with E-state index in [0.717, 1.165) is 10.6 Å². The Balaban J connectivity index is 2.11. The van der Waals surface area contributed by atoms with Gasteiger partial charge in [-0.1, -0.05) is 0 Å². The maximum Gasteiger partial charge on any atom is 0.417 e. The molecule has 0 aliphatic rings. The highest BCUT2D eigenvalue weighted by atomic mass is 19.4. The number of hydrogen-bond donors (Lipinski definition) is 1. The first-order valence-electron chi connectivity index (χ1n) is 7.17. The number of pyridine rings is 1. The van der Waals surface area contributed by atoms with Crippen LogP contribution in [0, 0.1) is 0 Å². The zero-order valence-electron chi connectivity index (χ0n) is 13.0. The van der Waals surface area contributed by atoms with E-state index in [0.29, 0.717) is 24.6 Å². The molecule has 1 N–H and O–H groups in total. The lowest BCUT2D eigenvalue weighted by Crippen LogP contribution is -2.35. The van der Waals surface area contributed by atoms with Crippen LogP contribution in [0.4, 0.5) is 13.2 Å². The standard InChI is InChI=1S/C14H16F3N5O2/c1-3-22-13(18-8-19-22)9(2)20-11(23)7-21-6-10(14(15,16)17)4-5-12(21)24/h4-6,8-9H,3,7H2,1-2H3,(H,20,23). The molecule has 0 saturated carbocycles. The van der Waals surface area contributed by atoms with E-state index >= 15 is 0 Å². The molecule has 1 atom stereocenters. The van der Waals surface area contributed by atoms with Crippen LogP contribution in [0.15, 0.2) is 29.5 Å². The maximum atomic E-state index is 12.7. The molecular weight excluding hydrogens is 327 g/mol. The van der Waals surface area contributed by atoms with E-state index in [-0.39, 0.29) is 0 Å². The minimum absolute atomic E-state index is 0.499. The first-order valence-corrected chi connectivity index (χ1v) is 7.17. The summed E-state index contributed by atoms with van der Waals surface area (Å²) in [4.78, 5) is 27.7. The second-order valence-electron chi connectivity index (χ2n) is 5.10. The summed E-state index contributed by atoms with van der Waals surface area (Å²) in [5.41, 5.74) is -1.68. The summed E-state index contributed by atoms with van der Waals surface area (Å²) in [7, 11) is 0. The van der Waals surface area contributed by atoms with E-state index in [4.69, 9.17) is 0 Å². The quantitative estimate of drug-likeness (QED) is 0.889. The van der Waals surface area contributed by atoms with Gasteiger partial charge in [-0.25, -0.2) is 9.67 Å². The lowest BCUT2D eigenvalue weighted by Gasteiger charge is -2.15. The molecule has 2 heterocycles. The van der Waals surface area contributed by atoms with Gasteiger partial charge in [-0.15, -0.1) is 0 Å².